The minimum Gasteiger partial charge on any atom is -0.506 e. The van der Waals surface area contributed by atoms with Gasteiger partial charge in [0.15, 0.2) is 0 Å². The third-order valence-electron chi connectivity index (χ3n) is 4.05. The molecule has 154 valence electrons. The summed E-state index contributed by atoms with van der Waals surface area (Å²) in [6.45, 7) is 1.37. The number of phenolic OH excluding ortho intramolecular Hbond substituents is 1. The summed E-state index contributed by atoms with van der Waals surface area (Å²) in [6, 6.07) is 9.25. The van der Waals surface area contributed by atoms with Gasteiger partial charge in [-0.05, 0) is 58.4 Å². The lowest BCUT2D eigenvalue weighted by molar-refractivity contribution is -0.385. The first-order valence-corrected chi connectivity index (χ1v) is 10.1. The number of aromatic hydroxyl groups is 1. The Labute approximate surface area is 183 Å². The first-order chi connectivity index (χ1) is 14.2. The normalized spacial score (nSPS) is 15.0. The summed E-state index contributed by atoms with van der Waals surface area (Å²) in [5.41, 5.74) is 1.16. The molecule has 9 nitrogen and oxygen atoms in total. The number of rotatable bonds is 5. The summed E-state index contributed by atoms with van der Waals surface area (Å²) in [5, 5.41) is 23.1. The van der Waals surface area contributed by atoms with Gasteiger partial charge in [0.25, 0.3) is 16.8 Å². The van der Waals surface area contributed by atoms with Crippen LogP contribution in [0.3, 0.4) is 0 Å². The summed E-state index contributed by atoms with van der Waals surface area (Å²) in [6.07, 6.45) is 1.18. The van der Waals surface area contributed by atoms with Crippen LogP contribution in [0.1, 0.15) is 11.1 Å². The molecule has 2 aromatic carbocycles. The number of nitrogens with zero attached hydrogens (tertiary/aromatic N) is 2. The van der Waals surface area contributed by atoms with Gasteiger partial charge in [0.05, 0.1) is 14.3 Å². The summed E-state index contributed by atoms with van der Waals surface area (Å²) in [7, 11) is 0. The van der Waals surface area contributed by atoms with E-state index >= 15 is 0 Å². The second kappa shape index (κ2) is 8.67. The topological polar surface area (TPSA) is 130 Å². The molecular weight excluding hydrogens is 478 g/mol. The van der Waals surface area contributed by atoms with E-state index in [0.29, 0.717) is 17.4 Å². The van der Waals surface area contributed by atoms with Crippen LogP contribution >= 0.6 is 27.7 Å². The molecule has 0 saturated carbocycles. The van der Waals surface area contributed by atoms with Crippen molar-refractivity contribution in [3.8, 4) is 5.75 Å². The molecular formula is C19H14BrN3O6S. The highest BCUT2D eigenvalue weighted by Crippen LogP contribution is 2.38. The quantitative estimate of drug-likeness (QED) is 0.366. The van der Waals surface area contributed by atoms with Crippen molar-refractivity contribution >= 4 is 62.2 Å². The highest BCUT2D eigenvalue weighted by Gasteiger charge is 2.36. The number of benzene rings is 2. The Bertz CT molecular complexity index is 1120. The van der Waals surface area contributed by atoms with Gasteiger partial charge in [-0.1, -0.05) is 12.1 Å². The van der Waals surface area contributed by atoms with Gasteiger partial charge in [0, 0.05) is 23.4 Å². The lowest BCUT2D eigenvalue weighted by atomic mass is 10.1. The summed E-state index contributed by atoms with van der Waals surface area (Å²) < 4.78 is 0.0692. The highest BCUT2D eigenvalue weighted by atomic mass is 79.9. The van der Waals surface area contributed by atoms with Crippen LogP contribution in [0.25, 0.3) is 6.08 Å². The van der Waals surface area contributed by atoms with Crippen LogP contribution < -0.4 is 5.32 Å². The molecule has 0 aromatic heterocycles. The number of anilines is 1. The molecule has 2 N–H and O–H groups in total. The first kappa shape index (κ1) is 21.5. The number of carbonyl (C=O) groups is 3. The number of thioether (sulfide) groups is 1. The number of carbonyl (C=O) groups excluding carboxylic acids is 3. The molecule has 1 fully saturated rings. The molecule has 0 bridgehead atoms. The molecule has 3 amide bonds. The van der Waals surface area contributed by atoms with Crippen LogP contribution in [0.4, 0.5) is 16.2 Å². The second-order valence-electron chi connectivity index (χ2n) is 6.31. The van der Waals surface area contributed by atoms with Crippen molar-refractivity contribution < 1.29 is 24.4 Å². The van der Waals surface area contributed by atoms with Crippen LogP contribution in [0.5, 0.6) is 5.75 Å². The zero-order valence-electron chi connectivity index (χ0n) is 15.4. The third-order valence-corrected chi connectivity index (χ3v) is 5.56. The fourth-order valence-electron chi connectivity index (χ4n) is 2.67. The van der Waals surface area contributed by atoms with Crippen LogP contribution in [0.2, 0.25) is 0 Å². The van der Waals surface area contributed by atoms with E-state index < -0.39 is 28.5 Å². The van der Waals surface area contributed by atoms with E-state index in [4.69, 9.17) is 0 Å². The number of halogens is 1. The van der Waals surface area contributed by atoms with Gasteiger partial charge in [-0.25, -0.2) is 0 Å². The van der Waals surface area contributed by atoms with Crippen molar-refractivity contribution in [1.82, 2.24) is 4.90 Å². The van der Waals surface area contributed by atoms with Gasteiger partial charge >= 0.3 is 0 Å². The maximum atomic E-state index is 12.6. The van der Waals surface area contributed by atoms with Crippen LogP contribution in [0, 0.1) is 17.0 Å². The van der Waals surface area contributed by atoms with Crippen molar-refractivity contribution in [2.75, 3.05) is 11.9 Å². The van der Waals surface area contributed by atoms with E-state index in [9.17, 15) is 29.6 Å². The Morgan fingerprint density at radius 1 is 1.33 bits per heavy atom. The molecule has 1 heterocycles. The Morgan fingerprint density at radius 2 is 2.07 bits per heavy atom. The number of phenols is 1. The van der Waals surface area contributed by atoms with E-state index in [-0.39, 0.29) is 26.4 Å². The van der Waals surface area contributed by atoms with Crippen molar-refractivity contribution in [2.45, 2.75) is 6.92 Å². The Hall–Kier alpha value is -3.18. The molecule has 0 atom stereocenters. The number of amides is 3. The zero-order chi connectivity index (χ0) is 22.0. The molecule has 30 heavy (non-hydrogen) atoms. The predicted octanol–water partition coefficient (Wildman–Crippen LogP) is 4.05. The van der Waals surface area contributed by atoms with Crippen molar-refractivity contribution in [1.29, 1.82) is 0 Å². The molecule has 2 aromatic rings. The summed E-state index contributed by atoms with van der Waals surface area (Å²) in [4.78, 5) is 48.1. The molecule has 0 aliphatic carbocycles. The zero-order valence-corrected chi connectivity index (χ0v) is 17.8. The van der Waals surface area contributed by atoms with Crippen molar-refractivity contribution in [2.24, 2.45) is 0 Å². The van der Waals surface area contributed by atoms with Gasteiger partial charge in [-0.3, -0.25) is 29.4 Å². The van der Waals surface area contributed by atoms with E-state index in [1.165, 1.54) is 6.08 Å². The SMILES string of the molecule is Cc1cccc(NC(=O)CN2C(=O)S/C(=C\c3cc([N+](=O)[O-])cc(Br)c3O)C2=O)c1. The lowest BCUT2D eigenvalue weighted by Crippen LogP contribution is -2.36. The Morgan fingerprint density at radius 3 is 2.73 bits per heavy atom. The van der Waals surface area contributed by atoms with Gasteiger partial charge in [0.2, 0.25) is 5.91 Å². The predicted molar refractivity (Wildman–Crippen MR) is 115 cm³/mol. The van der Waals surface area contributed by atoms with E-state index in [1.54, 1.807) is 18.2 Å². The molecule has 1 aliphatic rings. The largest absolute Gasteiger partial charge is 0.506 e. The number of nitrogens with one attached hydrogen (secondary N) is 1. The summed E-state index contributed by atoms with van der Waals surface area (Å²) in [5.74, 6) is -1.60. The summed E-state index contributed by atoms with van der Waals surface area (Å²) >= 11 is 3.60. The fraction of sp³-hybridized carbons (Fsp3) is 0.105. The molecule has 1 aliphatic heterocycles. The Balaban J connectivity index is 1.79. The third kappa shape index (κ3) is 4.69. The maximum Gasteiger partial charge on any atom is 0.294 e. The number of hydrogen-bond donors (Lipinski definition) is 2. The highest BCUT2D eigenvalue weighted by molar-refractivity contribution is 9.10. The van der Waals surface area contributed by atoms with E-state index in [1.807, 2.05) is 13.0 Å². The standard InChI is InChI=1S/C19H14BrN3O6S/c1-10-3-2-4-12(5-10)21-16(24)9-22-18(26)15(30-19(22)27)7-11-6-13(23(28)29)8-14(20)17(11)25/h2-8,25H,9H2,1H3,(H,21,24)/b15-7-. The fourth-order valence-corrected chi connectivity index (χ4v) is 3.96. The number of nitro groups is 1. The lowest BCUT2D eigenvalue weighted by Gasteiger charge is -2.12. The van der Waals surface area contributed by atoms with Gasteiger partial charge in [-0.15, -0.1) is 0 Å². The van der Waals surface area contributed by atoms with Crippen molar-refractivity contribution in [3.05, 3.63) is 67.0 Å². The molecule has 3 rings (SSSR count). The van der Waals surface area contributed by atoms with Gasteiger partial charge in [0.1, 0.15) is 12.3 Å². The molecule has 0 unspecified atom stereocenters. The molecule has 1 saturated heterocycles. The van der Waals surface area contributed by atoms with E-state index in [2.05, 4.69) is 21.2 Å². The number of imide groups is 1. The van der Waals surface area contributed by atoms with Crippen LogP contribution in [-0.4, -0.2) is 38.5 Å². The monoisotopic (exact) mass is 491 g/mol. The van der Waals surface area contributed by atoms with Gasteiger partial charge < -0.3 is 10.4 Å². The van der Waals surface area contributed by atoms with Crippen molar-refractivity contribution in [3.63, 3.8) is 0 Å². The second-order valence-corrected chi connectivity index (χ2v) is 8.16. The number of non-ortho nitro benzene ring substituents is 1. The number of hydrogen-bond acceptors (Lipinski definition) is 7. The Kier molecular flexibility index (Phi) is 6.22. The minimum absolute atomic E-state index is 0.00853. The smallest absolute Gasteiger partial charge is 0.294 e. The van der Waals surface area contributed by atoms with Crippen LogP contribution in [0.15, 0.2) is 45.8 Å². The molecule has 0 radical (unpaired) electrons. The average Bonchev–Trinajstić information content (AvgIpc) is 2.92. The van der Waals surface area contributed by atoms with E-state index in [0.717, 1.165) is 22.6 Å². The molecule has 0 spiro atoms. The number of aryl methyl sites for hydroxylation is 1. The number of nitro benzene ring substituents is 1. The van der Waals surface area contributed by atoms with Gasteiger partial charge in [-0.2, -0.15) is 0 Å². The maximum absolute atomic E-state index is 12.6. The molecule has 11 heteroatoms. The van der Waals surface area contributed by atoms with Crippen LogP contribution in [-0.2, 0) is 9.59 Å². The average molecular weight is 492 g/mol. The minimum atomic E-state index is -0.730. The first-order valence-electron chi connectivity index (χ1n) is 8.44.